The highest BCUT2D eigenvalue weighted by Crippen LogP contribution is 2.18. The molecule has 0 aliphatic rings. The Morgan fingerprint density at radius 3 is 2.67 bits per heavy atom. The SMILES string of the molecule is CN(C(=O)S)c1ccc2[nH]c(=O)[nH]c2c1. The molecule has 0 radical (unpaired) electrons. The number of hydrogen-bond donors (Lipinski definition) is 3. The second kappa shape index (κ2) is 3.47. The summed E-state index contributed by atoms with van der Waals surface area (Å²) in [6.07, 6.45) is 0. The Bertz CT molecular complexity index is 572. The highest BCUT2D eigenvalue weighted by molar-refractivity contribution is 7.96. The van der Waals surface area contributed by atoms with Gasteiger partial charge in [0.25, 0.3) is 5.24 Å². The van der Waals surface area contributed by atoms with Crippen LogP contribution in [0.3, 0.4) is 0 Å². The Morgan fingerprint density at radius 2 is 2.00 bits per heavy atom. The Balaban J connectivity index is 2.55. The number of aromatic nitrogens is 2. The Morgan fingerprint density at radius 1 is 1.33 bits per heavy atom. The lowest BCUT2D eigenvalue weighted by molar-refractivity contribution is 0.266. The van der Waals surface area contributed by atoms with Gasteiger partial charge in [-0.25, -0.2) is 4.79 Å². The third kappa shape index (κ3) is 1.75. The van der Waals surface area contributed by atoms with Gasteiger partial charge in [-0.1, -0.05) is 12.6 Å². The van der Waals surface area contributed by atoms with Gasteiger partial charge in [-0.2, -0.15) is 0 Å². The highest BCUT2D eigenvalue weighted by Gasteiger charge is 2.07. The van der Waals surface area contributed by atoms with Gasteiger partial charge in [0.05, 0.1) is 11.0 Å². The fourth-order valence-electron chi connectivity index (χ4n) is 1.34. The number of benzene rings is 1. The molecule has 0 saturated heterocycles. The van der Waals surface area contributed by atoms with Gasteiger partial charge < -0.3 is 14.9 Å². The van der Waals surface area contributed by atoms with E-state index >= 15 is 0 Å². The topological polar surface area (TPSA) is 69.0 Å². The molecule has 1 aromatic heterocycles. The minimum Gasteiger partial charge on any atom is -0.307 e. The van der Waals surface area contributed by atoms with E-state index in [1.165, 1.54) is 4.90 Å². The van der Waals surface area contributed by atoms with E-state index in [2.05, 4.69) is 22.6 Å². The Hall–Kier alpha value is -1.69. The van der Waals surface area contributed by atoms with E-state index in [-0.39, 0.29) is 10.9 Å². The van der Waals surface area contributed by atoms with Crippen LogP contribution in [0.15, 0.2) is 23.0 Å². The molecule has 0 unspecified atom stereocenters. The molecular weight excluding hydrogens is 214 g/mol. The normalized spacial score (nSPS) is 10.5. The van der Waals surface area contributed by atoms with Gasteiger partial charge in [-0.3, -0.25) is 4.79 Å². The molecule has 2 N–H and O–H groups in total. The number of imidazole rings is 1. The van der Waals surface area contributed by atoms with Gasteiger partial charge in [-0.15, -0.1) is 0 Å². The first-order valence-electron chi connectivity index (χ1n) is 4.26. The zero-order chi connectivity index (χ0) is 11.0. The van der Waals surface area contributed by atoms with Crippen molar-refractivity contribution in [1.29, 1.82) is 0 Å². The van der Waals surface area contributed by atoms with Crippen molar-refractivity contribution < 1.29 is 4.79 Å². The quantitative estimate of drug-likeness (QED) is 0.638. The summed E-state index contributed by atoms with van der Waals surface area (Å²) in [4.78, 5) is 28.6. The van der Waals surface area contributed by atoms with Crippen LogP contribution in [0.5, 0.6) is 0 Å². The molecule has 1 amide bonds. The van der Waals surface area contributed by atoms with E-state index in [4.69, 9.17) is 0 Å². The fourth-order valence-corrected chi connectivity index (χ4v) is 1.46. The number of amides is 1. The number of anilines is 1. The molecule has 1 heterocycles. The first-order valence-corrected chi connectivity index (χ1v) is 4.71. The second-order valence-corrected chi connectivity index (χ2v) is 3.53. The molecule has 0 fully saturated rings. The maximum atomic E-state index is 11.0. The number of rotatable bonds is 1. The number of carbonyl (C=O) groups excluding carboxylic acids is 1. The summed E-state index contributed by atoms with van der Waals surface area (Å²) < 4.78 is 0. The summed E-state index contributed by atoms with van der Waals surface area (Å²) in [5, 5.41) is -0.354. The van der Waals surface area contributed by atoms with Gasteiger partial charge in [0.15, 0.2) is 0 Å². The number of carbonyl (C=O) groups is 1. The fraction of sp³-hybridized carbons (Fsp3) is 0.111. The molecule has 0 aliphatic heterocycles. The van der Waals surface area contributed by atoms with Gasteiger partial charge in [0.2, 0.25) is 0 Å². The molecule has 2 rings (SSSR count). The number of H-pyrrole nitrogens is 2. The monoisotopic (exact) mass is 223 g/mol. The predicted molar refractivity (Wildman–Crippen MR) is 61.7 cm³/mol. The van der Waals surface area contributed by atoms with E-state index in [1.807, 2.05) is 0 Å². The van der Waals surface area contributed by atoms with E-state index < -0.39 is 0 Å². The predicted octanol–water partition coefficient (Wildman–Crippen LogP) is 1.34. The first kappa shape index (κ1) is 9.85. The smallest absolute Gasteiger partial charge is 0.307 e. The Labute approximate surface area is 90.5 Å². The minimum atomic E-state index is -0.354. The molecule has 6 heteroatoms. The summed E-state index contributed by atoms with van der Waals surface area (Å²) in [7, 11) is 1.61. The van der Waals surface area contributed by atoms with Crippen molar-refractivity contribution in [3.63, 3.8) is 0 Å². The summed E-state index contributed by atoms with van der Waals surface area (Å²) in [5.74, 6) is 0. The lowest BCUT2D eigenvalue weighted by Gasteiger charge is -2.13. The largest absolute Gasteiger partial charge is 0.323 e. The van der Waals surface area contributed by atoms with E-state index in [9.17, 15) is 9.59 Å². The average Bonchev–Trinajstić information content (AvgIpc) is 2.55. The number of nitrogens with zero attached hydrogens (tertiary/aromatic N) is 1. The van der Waals surface area contributed by atoms with Crippen LogP contribution in [-0.2, 0) is 0 Å². The van der Waals surface area contributed by atoms with Crippen LogP contribution in [0, 0.1) is 0 Å². The lowest BCUT2D eigenvalue weighted by Crippen LogP contribution is -2.19. The third-order valence-electron chi connectivity index (χ3n) is 2.17. The van der Waals surface area contributed by atoms with Crippen LogP contribution in [0.25, 0.3) is 11.0 Å². The minimum absolute atomic E-state index is 0.262. The second-order valence-electron chi connectivity index (χ2n) is 3.15. The summed E-state index contributed by atoms with van der Waals surface area (Å²) >= 11 is 3.71. The molecule has 15 heavy (non-hydrogen) atoms. The van der Waals surface area contributed by atoms with E-state index in [0.29, 0.717) is 16.7 Å². The zero-order valence-electron chi connectivity index (χ0n) is 7.94. The molecule has 0 atom stereocenters. The molecule has 78 valence electrons. The van der Waals surface area contributed by atoms with Crippen LogP contribution in [0.1, 0.15) is 0 Å². The maximum absolute atomic E-state index is 11.0. The third-order valence-corrected chi connectivity index (χ3v) is 2.47. The van der Waals surface area contributed by atoms with Crippen molar-refractivity contribution in [3.05, 3.63) is 28.7 Å². The van der Waals surface area contributed by atoms with Crippen molar-refractivity contribution in [2.24, 2.45) is 0 Å². The summed E-state index contributed by atoms with van der Waals surface area (Å²) in [5.41, 5.74) is 1.79. The van der Waals surface area contributed by atoms with Crippen LogP contribution in [0.2, 0.25) is 0 Å². The molecule has 2 aromatic rings. The van der Waals surface area contributed by atoms with Crippen LogP contribution < -0.4 is 10.6 Å². The molecule has 1 aromatic carbocycles. The molecule has 0 bridgehead atoms. The standard InChI is InChI=1S/C9H9N3O2S/c1-12(9(14)15)5-2-3-6-7(4-5)11-8(13)10-6/h2-4H,1H3,(H,14,15)(H2,10,11,13). The van der Waals surface area contributed by atoms with Crippen LogP contribution in [0.4, 0.5) is 10.5 Å². The number of aromatic amines is 2. The number of fused-ring (bicyclic) bond motifs is 1. The molecule has 0 aliphatic carbocycles. The van der Waals surface area contributed by atoms with Crippen LogP contribution in [-0.4, -0.2) is 22.3 Å². The number of thiol groups is 1. The maximum Gasteiger partial charge on any atom is 0.323 e. The van der Waals surface area contributed by atoms with Gasteiger partial charge >= 0.3 is 5.69 Å². The zero-order valence-corrected chi connectivity index (χ0v) is 8.84. The average molecular weight is 223 g/mol. The summed E-state index contributed by atoms with van der Waals surface area (Å²) in [6.45, 7) is 0. The van der Waals surface area contributed by atoms with E-state index in [1.54, 1.807) is 25.2 Å². The van der Waals surface area contributed by atoms with Gasteiger partial charge in [-0.05, 0) is 18.2 Å². The van der Waals surface area contributed by atoms with Gasteiger partial charge in [0, 0.05) is 12.7 Å². The number of hydrogen-bond acceptors (Lipinski definition) is 2. The highest BCUT2D eigenvalue weighted by atomic mass is 32.1. The molecular formula is C9H9N3O2S. The summed E-state index contributed by atoms with van der Waals surface area (Å²) in [6, 6.07) is 5.18. The first-order chi connectivity index (χ1) is 7.08. The Kier molecular flexibility index (Phi) is 2.28. The van der Waals surface area contributed by atoms with Crippen molar-refractivity contribution in [2.75, 3.05) is 11.9 Å². The van der Waals surface area contributed by atoms with Gasteiger partial charge in [0.1, 0.15) is 0 Å². The van der Waals surface area contributed by atoms with Crippen molar-refractivity contribution in [3.8, 4) is 0 Å². The van der Waals surface area contributed by atoms with Crippen molar-refractivity contribution >= 4 is 34.6 Å². The number of nitrogens with one attached hydrogen (secondary N) is 2. The molecule has 0 saturated carbocycles. The van der Waals surface area contributed by atoms with Crippen LogP contribution >= 0.6 is 12.6 Å². The molecule has 5 nitrogen and oxygen atoms in total. The van der Waals surface area contributed by atoms with E-state index in [0.717, 1.165) is 0 Å². The lowest BCUT2D eigenvalue weighted by atomic mass is 10.2. The van der Waals surface area contributed by atoms with Crippen molar-refractivity contribution in [2.45, 2.75) is 0 Å². The molecule has 0 spiro atoms. The van der Waals surface area contributed by atoms with Crippen molar-refractivity contribution in [1.82, 2.24) is 9.97 Å².